The van der Waals surface area contributed by atoms with Gasteiger partial charge >= 0.3 is 0 Å². The normalized spacial score (nSPS) is 12.1. The van der Waals surface area contributed by atoms with Gasteiger partial charge in [-0.1, -0.05) is 65.8 Å². The minimum absolute atomic E-state index is 0.142. The first-order valence-electron chi connectivity index (χ1n) is 10.6. The van der Waals surface area contributed by atoms with E-state index in [2.05, 4.69) is 33.0 Å². The van der Waals surface area contributed by atoms with Gasteiger partial charge in [-0.15, -0.1) is 0 Å². The van der Waals surface area contributed by atoms with Gasteiger partial charge < -0.3 is 5.32 Å². The molecule has 6 heteroatoms. The van der Waals surface area contributed by atoms with Crippen molar-refractivity contribution in [3.05, 3.63) is 58.7 Å². The highest BCUT2D eigenvalue weighted by Gasteiger charge is 2.24. The molecule has 0 aliphatic rings. The third-order valence-electron chi connectivity index (χ3n) is 5.41. The molecule has 0 unspecified atom stereocenters. The van der Waals surface area contributed by atoms with Crippen molar-refractivity contribution in [1.82, 2.24) is 4.31 Å². The van der Waals surface area contributed by atoms with Gasteiger partial charge in [-0.3, -0.25) is 4.79 Å². The number of amides is 1. The number of rotatable bonds is 8. The Kier molecular flexibility index (Phi) is 7.83. The summed E-state index contributed by atoms with van der Waals surface area (Å²) < 4.78 is 27.2. The fourth-order valence-corrected chi connectivity index (χ4v) is 5.08. The molecule has 0 aliphatic carbocycles. The van der Waals surface area contributed by atoms with Gasteiger partial charge in [0.1, 0.15) is 0 Å². The van der Waals surface area contributed by atoms with Crippen LogP contribution in [0.25, 0.3) is 0 Å². The summed E-state index contributed by atoms with van der Waals surface area (Å²) in [4.78, 5) is 13.4. The maximum absolute atomic E-state index is 13.3. The van der Waals surface area contributed by atoms with Crippen LogP contribution in [0.5, 0.6) is 0 Å². The second-order valence-electron chi connectivity index (χ2n) is 8.14. The molecule has 2 aromatic carbocycles. The zero-order chi connectivity index (χ0) is 22.6. The number of nitrogens with one attached hydrogen (secondary N) is 1. The second kappa shape index (κ2) is 9.75. The van der Waals surface area contributed by atoms with Gasteiger partial charge in [0.25, 0.3) is 5.91 Å². The number of benzene rings is 2. The average Bonchev–Trinajstić information content (AvgIpc) is 2.68. The summed E-state index contributed by atoms with van der Waals surface area (Å²) >= 11 is 0. The summed E-state index contributed by atoms with van der Waals surface area (Å²) in [6.45, 7) is 14.6. The molecule has 0 spiro atoms. The number of anilines is 1. The van der Waals surface area contributed by atoms with Gasteiger partial charge in [-0.05, 0) is 47.6 Å². The predicted octanol–water partition coefficient (Wildman–Crippen LogP) is 5.52. The predicted molar refractivity (Wildman–Crippen MR) is 124 cm³/mol. The molecule has 30 heavy (non-hydrogen) atoms. The van der Waals surface area contributed by atoms with Crippen molar-refractivity contribution in [1.29, 1.82) is 0 Å². The molecule has 2 aromatic rings. The van der Waals surface area contributed by atoms with Crippen molar-refractivity contribution in [2.75, 3.05) is 18.4 Å². The third-order valence-corrected chi connectivity index (χ3v) is 7.45. The zero-order valence-electron chi connectivity index (χ0n) is 19.1. The van der Waals surface area contributed by atoms with E-state index in [0.717, 1.165) is 22.4 Å². The van der Waals surface area contributed by atoms with E-state index < -0.39 is 10.0 Å². The van der Waals surface area contributed by atoms with Crippen LogP contribution in [0.3, 0.4) is 0 Å². The van der Waals surface area contributed by atoms with Crippen molar-refractivity contribution in [3.63, 3.8) is 0 Å². The first-order valence-corrected chi connectivity index (χ1v) is 12.0. The van der Waals surface area contributed by atoms with E-state index in [1.807, 2.05) is 25.1 Å². The van der Waals surface area contributed by atoms with Gasteiger partial charge in [0, 0.05) is 24.3 Å². The van der Waals surface area contributed by atoms with Gasteiger partial charge in [-0.25, -0.2) is 8.42 Å². The number of para-hydroxylation sites is 1. The lowest BCUT2D eigenvalue weighted by atomic mass is 9.92. The summed E-state index contributed by atoms with van der Waals surface area (Å²) in [6, 6.07) is 10.8. The number of nitrogens with zero attached hydrogens (tertiary/aromatic N) is 1. The maximum Gasteiger partial charge on any atom is 0.255 e. The molecule has 1 amide bonds. The first kappa shape index (κ1) is 24.1. The van der Waals surface area contributed by atoms with Crippen molar-refractivity contribution >= 4 is 21.6 Å². The van der Waals surface area contributed by atoms with Crippen LogP contribution in [-0.2, 0) is 10.0 Å². The highest BCUT2D eigenvalue weighted by molar-refractivity contribution is 7.89. The molecule has 0 fully saturated rings. The standard InChI is InChI=1S/C24H34N2O3S/c1-8-26(9-2)30(28,29)19-14-13-18(7)22(15-19)24(27)25-23-20(16(3)4)11-10-12-21(23)17(5)6/h10-17H,8-9H2,1-7H3,(H,25,27). The minimum Gasteiger partial charge on any atom is -0.321 e. The molecular weight excluding hydrogens is 396 g/mol. The molecule has 0 atom stereocenters. The fraction of sp³-hybridized carbons (Fsp3) is 0.458. The molecular formula is C24H34N2O3S. The number of aryl methyl sites for hydroxylation is 1. The Morgan fingerprint density at radius 3 is 1.97 bits per heavy atom. The number of sulfonamides is 1. The third kappa shape index (κ3) is 4.93. The lowest BCUT2D eigenvalue weighted by molar-refractivity contribution is 0.102. The highest BCUT2D eigenvalue weighted by Crippen LogP contribution is 2.33. The van der Waals surface area contributed by atoms with Gasteiger partial charge in [0.15, 0.2) is 0 Å². The Morgan fingerprint density at radius 1 is 0.967 bits per heavy atom. The minimum atomic E-state index is -3.64. The average molecular weight is 431 g/mol. The number of carbonyl (C=O) groups excluding carboxylic acids is 1. The van der Waals surface area contributed by atoms with Crippen molar-refractivity contribution in [2.45, 2.75) is 65.2 Å². The smallest absolute Gasteiger partial charge is 0.255 e. The maximum atomic E-state index is 13.3. The van der Waals surface area contributed by atoms with Gasteiger partial charge in [-0.2, -0.15) is 4.31 Å². The van der Waals surface area contributed by atoms with Crippen LogP contribution in [0.15, 0.2) is 41.3 Å². The number of carbonyl (C=O) groups is 1. The lowest BCUT2D eigenvalue weighted by Crippen LogP contribution is -2.31. The van der Waals surface area contributed by atoms with E-state index in [9.17, 15) is 13.2 Å². The summed E-state index contributed by atoms with van der Waals surface area (Å²) in [6.07, 6.45) is 0. The van der Waals surface area contributed by atoms with E-state index in [1.165, 1.54) is 10.4 Å². The Labute approximate surface area is 181 Å². The number of hydrogen-bond donors (Lipinski definition) is 1. The van der Waals surface area contributed by atoms with E-state index in [-0.39, 0.29) is 22.6 Å². The van der Waals surface area contributed by atoms with Gasteiger partial charge in [0.2, 0.25) is 10.0 Å². The monoisotopic (exact) mass is 430 g/mol. The molecule has 0 saturated carbocycles. The molecule has 1 N–H and O–H groups in total. The van der Waals surface area contributed by atoms with E-state index in [0.29, 0.717) is 18.7 Å². The molecule has 2 rings (SSSR count). The Morgan fingerprint density at radius 2 is 1.50 bits per heavy atom. The SMILES string of the molecule is CCN(CC)S(=O)(=O)c1ccc(C)c(C(=O)Nc2c(C(C)C)cccc2C(C)C)c1. The van der Waals surface area contributed by atoms with E-state index >= 15 is 0 Å². The molecule has 0 aromatic heterocycles. The highest BCUT2D eigenvalue weighted by atomic mass is 32.2. The molecule has 5 nitrogen and oxygen atoms in total. The Bertz CT molecular complexity index is 981. The quantitative estimate of drug-likeness (QED) is 0.599. The van der Waals surface area contributed by atoms with Gasteiger partial charge in [0.05, 0.1) is 4.90 Å². The van der Waals surface area contributed by atoms with E-state index in [1.54, 1.807) is 26.0 Å². The summed E-state index contributed by atoms with van der Waals surface area (Å²) in [5.41, 5.74) is 4.07. The second-order valence-corrected chi connectivity index (χ2v) is 10.1. The zero-order valence-corrected chi connectivity index (χ0v) is 19.9. The summed E-state index contributed by atoms with van der Waals surface area (Å²) in [7, 11) is -3.64. The largest absolute Gasteiger partial charge is 0.321 e. The van der Waals surface area contributed by atoms with Crippen LogP contribution in [0.2, 0.25) is 0 Å². The molecule has 0 saturated heterocycles. The summed E-state index contributed by atoms with van der Waals surface area (Å²) in [5.74, 6) is 0.197. The Balaban J connectivity index is 2.52. The molecule has 0 aliphatic heterocycles. The first-order chi connectivity index (χ1) is 14.0. The van der Waals surface area contributed by atoms with Crippen LogP contribution in [-0.4, -0.2) is 31.7 Å². The van der Waals surface area contributed by atoms with Crippen LogP contribution in [0.1, 0.15) is 80.4 Å². The lowest BCUT2D eigenvalue weighted by Gasteiger charge is -2.21. The summed E-state index contributed by atoms with van der Waals surface area (Å²) in [5, 5.41) is 3.09. The van der Waals surface area contributed by atoms with Crippen LogP contribution < -0.4 is 5.32 Å². The molecule has 0 radical (unpaired) electrons. The molecule has 0 heterocycles. The van der Waals surface area contributed by atoms with E-state index in [4.69, 9.17) is 0 Å². The topological polar surface area (TPSA) is 66.5 Å². The van der Waals surface area contributed by atoms with Crippen LogP contribution >= 0.6 is 0 Å². The fourth-order valence-electron chi connectivity index (χ4n) is 3.60. The van der Waals surface area contributed by atoms with Crippen LogP contribution in [0.4, 0.5) is 5.69 Å². The van der Waals surface area contributed by atoms with Crippen molar-refractivity contribution < 1.29 is 13.2 Å². The number of hydrogen-bond acceptors (Lipinski definition) is 3. The molecule has 164 valence electrons. The van der Waals surface area contributed by atoms with Crippen molar-refractivity contribution in [2.24, 2.45) is 0 Å². The van der Waals surface area contributed by atoms with Crippen molar-refractivity contribution in [3.8, 4) is 0 Å². The Hall–Kier alpha value is -2.18. The molecule has 0 bridgehead atoms. The van der Waals surface area contributed by atoms with Crippen LogP contribution in [0, 0.1) is 6.92 Å².